The fourth-order valence-electron chi connectivity index (χ4n) is 3.41. The van der Waals surface area contributed by atoms with Crippen LogP contribution in [0, 0.1) is 19.8 Å². The van der Waals surface area contributed by atoms with Gasteiger partial charge in [-0.3, -0.25) is 9.69 Å². The van der Waals surface area contributed by atoms with Crippen LogP contribution in [-0.4, -0.2) is 48.1 Å². The number of nitrogens with zero attached hydrogens (tertiary/aromatic N) is 2. The van der Waals surface area contributed by atoms with Crippen LogP contribution in [0.3, 0.4) is 0 Å². The fourth-order valence-corrected chi connectivity index (χ4v) is 3.41. The average Bonchev–Trinajstić information content (AvgIpc) is 2.75. The van der Waals surface area contributed by atoms with Crippen molar-refractivity contribution in [2.45, 2.75) is 46.8 Å². The molecule has 2 heterocycles. The predicted molar refractivity (Wildman–Crippen MR) is 84.9 cm³/mol. The smallest absolute Gasteiger partial charge is 0.178 e. The number of carbonyl (C=O) groups is 1. The van der Waals surface area contributed by atoms with Gasteiger partial charge in [0.15, 0.2) is 5.78 Å². The summed E-state index contributed by atoms with van der Waals surface area (Å²) in [4.78, 5) is 14.8. The topological polar surface area (TPSA) is 34.5 Å². The van der Waals surface area contributed by atoms with E-state index in [0.717, 1.165) is 37.3 Å². The van der Waals surface area contributed by atoms with Gasteiger partial charge in [-0.15, -0.1) is 0 Å². The molecule has 118 valence electrons. The molecule has 1 saturated heterocycles. The van der Waals surface area contributed by atoms with E-state index in [1.54, 1.807) is 7.11 Å². The zero-order valence-electron chi connectivity index (χ0n) is 14.0. The first-order chi connectivity index (χ1) is 9.97. The molecule has 0 N–H and O–H groups in total. The molecule has 0 amide bonds. The molecule has 1 aliphatic heterocycles. The first kappa shape index (κ1) is 16.2. The van der Waals surface area contributed by atoms with Crippen LogP contribution in [0.4, 0.5) is 0 Å². The lowest BCUT2D eigenvalue weighted by Gasteiger charge is -2.35. The van der Waals surface area contributed by atoms with E-state index in [0.29, 0.717) is 12.5 Å². The van der Waals surface area contributed by atoms with Crippen molar-refractivity contribution in [3.8, 4) is 0 Å². The number of methoxy groups -OCH3 is 1. The lowest BCUT2D eigenvalue weighted by Crippen LogP contribution is -2.45. The average molecular weight is 292 g/mol. The molecule has 21 heavy (non-hydrogen) atoms. The molecule has 0 radical (unpaired) electrons. The zero-order chi connectivity index (χ0) is 15.6. The van der Waals surface area contributed by atoms with E-state index in [2.05, 4.69) is 30.2 Å². The number of hydrogen-bond acceptors (Lipinski definition) is 3. The Hall–Kier alpha value is -1.13. The third kappa shape index (κ3) is 3.38. The Labute approximate surface area is 128 Å². The number of Topliss-reactive ketones (excluding diaryl/α,β-unsaturated/α-hetero) is 1. The summed E-state index contributed by atoms with van der Waals surface area (Å²) in [6, 6.07) is 2.03. The highest BCUT2D eigenvalue weighted by atomic mass is 16.5. The summed E-state index contributed by atoms with van der Waals surface area (Å²) < 4.78 is 7.73. The maximum absolute atomic E-state index is 12.6. The molecule has 1 fully saturated rings. The largest absolute Gasteiger partial charge is 0.380 e. The van der Waals surface area contributed by atoms with Gasteiger partial charge in [-0.1, -0.05) is 6.92 Å². The molecule has 2 atom stereocenters. The highest BCUT2D eigenvalue weighted by Gasteiger charge is 2.27. The second-order valence-electron chi connectivity index (χ2n) is 6.23. The van der Waals surface area contributed by atoms with Gasteiger partial charge in [-0.2, -0.15) is 0 Å². The summed E-state index contributed by atoms with van der Waals surface area (Å²) in [5.74, 6) is 0.804. The van der Waals surface area contributed by atoms with Crippen molar-refractivity contribution in [1.29, 1.82) is 0 Å². The number of hydrogen-bond donors (Lipinski definition) is 0. The zero-order valence-corrected chi connectivity index (χ0v) is 14.0. The Morgan fingerprint density at radius 1 is 1.43 bits per heavy atom. The summed E-state index contributed by atoms with van der Waals surface area (Å²) in [5, 5.41) is 0. The molecular formula is C17H28N2O2. The van der Waals surface area contributed by atoms with Crippen LogP contribution >= 0.6 is 0 Å². The van der Waals surface area contributed by atoms with Crippen molar-refractivity contribution in [2.75, 3.05) is 26.7 Å². The normalized spacial score (nSPS) is 23.5. The Morgan fingerprint density at radius 2 is 2.14 bits per heavy atom. The second kappa shape index (κ2) is 6.75. The Morgan fingerprint density at radius 3 is 2.71 bits per heavy atom. The monoisotopic (exact) mass is 292 g/mol. The SMILES string of the molecule is CCn1c(C)cc(C(=O)CN2CCC(C)C(OC)C2)c1C. The molecule has 0 aromatic carbocycles. The van der Waals surface area contributed by atoms with Gasteiger partial charge in [0.2, 0.25) is 0 Å². The molecule has 1 aromatic rings. The number of carbonyl (C=O) groups excluding carboxylic acids is 1. The van der Waals surface area contributed by atoms with Gasteiger partial charge in [0, 0.05) is 37.2 Å². The van der Waals surface area contributed by atoms with Crippen molar-refractivity contribution < 1.29 is 9.53 Å². The lowest BCUT2D eigenvalue weighted by atomic mass is 9.95. The van der Waals surface area contributed by atoms with Crippen LogP contribution in [-0.2, 0) is 11.3 Å². The number of rotatable bonds is 5. The third-order valence-electron chi connectivity index (χ3n) is 4.83. The minimum Gasteiger partial charge on any atom is -0.380 e. The number of likely N-dealkylation sites (tertiary alicyclic amines) is 1. The van der Waals surface area contributed by atoms with Crippen LogP contribution < -0.4 is 0 Å². The summed E-state index contributed by atoms with van der Waals surface area (Å²) in [6.07, 6.45) is 1.34. The summed E-state index contributed by atoms with van der Waals surface area (Å²) in [7, 11) is 1.77. The van der Waals surface area contributed by atoms with Crippen LogP contribution in [0.15, 0.2) is 6.07 Å². The van der Waals surface area contributed by atoms with Gasteiger partial charge < -0.3 is 9.30 Å². The number of aromatic nitrogens is 1. The molecule has 2 unspecified atom stereocenters. The van der Waals surface area contributed by atoms with Crippen molar-refractivity contribution in [2.24, 2.45) is 5.92 Å². The van der Waals surface area contributed by atoms with Gasteiger partial charge in [0.05, 0.1) is 12.6 Å². The van der Waals surface area contributed by atoms with Crippen molar-refractivity contribution in [3.63, 3.8) is 0 Å². The highest BCUT2D eigenvalue weighted by molar-refractivity contribution is 5.99. The first-order valence-corrected chi connectivity index (χ1v) is 7.93. The molecule has 1 aromatic heterocycles. The molecule has 0 spiro atoms. The summed E-state index contributed by atoms with van der Waals surface area (Å²) in [5.41, 5.74) is 3.14. The molecule has 0 bridgehead atoms. The molecular weight excluding hydrogens is 264 g/mol. The quantitative estimate of drug-likeness (QED) is 0.783. The fraction of sp³-hybridized carbons (Fsp3) is 0.706. The standard InChI is InChI=1S/C17H28N2O2/c1-6-19-13(3)9-15(14(19)4)16(20)10-18-8-7-12(2)17(11-18)21-5/h9,12,17H,6-8,10-11H2,1-5H3. The van der Waals surface area contributed by atoms with E-state index in [9.17, 15) is 4.79 Å². The number of ketones is 1. The minimum absolute atomic E-state index is 0.229. The lowest BCUT2D eigenvalue weighted by molar-refractivity contribution is -0.00325. The highest BCUT2D eigenvalue weighted by Crippen LogP contribution is 2.21. The molecule has 0 saturated carbocycles. The molecule has 2 rings (SSSR count). The van der Waals surface area contributed by atoms with E-state index >= 15 is 0 Å². The van der Waals surface area contributed by atoms with Crippen LogP contribution in [0.25, 0.3) is 0 Å². The van der Waals surface area contributed by atoms with E-state index in [1.165, 1.54) is 5.69 Å². The molecule has 4 heteroatoms. The number of ether oxygens (including phenoxy) is 1. The van der Waals surface area contributed by atoms with E-state index < -0.39 is 0 Å². The van der Waals surface area contributed by atoms with Gasteiger partial charge in [-0.25, -0.2) is 0 Å². The Kier molecular flexibility index (Phi) is 5.22. The Balaban J connectivity index is 2.05. The maximum atomic E-state index is 12.6. The molecule has 1 aliphatic rings. The Bertz CT molecular complexity index is 507. The number of aryl methyl sites for hydroxylation is 1. The van der Waals surface area contributed by atoms with Gasteiger partial charge in [0.25, 0.3) is 0 Å². The third-order valence-corrected chi connectivity index (χ3v) is 4.83. The van der Waals surface area contributed by atoms with Crippen LogP contribution in [0.2, 0.25) is 0 Å². The summed E-state index contributed by atoms with van der Waals surface area (Å²) in [6.45, 7) is 11.7. The number of piperidine rings is 1. The second-order valence-corrected chi connectivity index (χ2v) is 6.23. The van der Waals surface area contributed by atoms with Crippen molar-refractivity contribution in [3.05, 3.63) is 23.0 Å². The molecule has 4 nitrogen and oxygen atoms in total. The minimum atomic E-state index is 0.229. The van der Waals surface area contributed by atoms with Crippen LogP contribution in [0.5, 0.6) is 0 Å². The van der Waals surface area contributed by atoms with Crippen LogP contribution in [0.1, 0.15) is 42.0 Å². The van der Waals surface area contributed by atoms with Gasteiger partial charge >= 0.3 is 0 Å². The maximum Gasteiger partial charge on any atom is 0.178 e. The van der Waals surface area contributed by atoms with E-state index in [-0.39, 0.29) is 11.9 Å². The van der Waals surface area contributed by atoms with Crippen molar-refractivity contribution >= 4 is 5.78 Å². The van der Waals surface area contributed by atoms with Gasteiger partial charge in [-0.05, 0) is 45.7 Å². The van der Waals surface area contributed by atoms with E-state index in [4.69, 9.17) is 4.74 Å². The van der Waals surface area contributed by atoms with E-state index in [1.807, 2.05) is 13.0 Å². The van der Waals surface area contributed by atoms with Crippen molar-refractivity contribution in [1.82, 2.24) is 9.47 Å². The summed E-state index contributed by atoms with van der Waals surface area (Å²) >= 11 is 0. The van der Waals surface area contributed by atoms with Gasteiger partial charge in [0.1, 0.15) is 0 Å². The molecule has 0 aliphatic carbocycles. The predicted octanol–water partition coefficient (Wildman–Crippen LogP) is 2.66. The first-order valence-electron chi connectivity index (χ1n) is 7.93.